The Bertz CT molecular complexity index is 393. The van der Waals surface area contributed by atoms with Gasteiger partial charge in [0.25, 0.3) is 0 Å². The molecule has 0 unspecified atom stereocenters. The molecule has 18 heavy (non-hydrogen) atoms. The van der Waals surface area contributed by atoms with Gasteiger partial charge >= 0.3 is 5.97 Å². The largest absolute Gasteiger partial charge is 0.463 e. The van der Waals surface area contributed by atoms with Gasteiger partial charge in [-0.25, -0.2) is 0 Å². The molecule has 0 saturated carbocycles. The van der Waals surface area contributed by atoms with Crippen molar-refractivity contribution in [3.05, 3.63) is 10.4 Å². The van der Waals surface area contributed by atoms with Gasteiger partial charge in [-0.05, 0) is 19.4 Å². The van der Waals surface area contributed by atoms with Crippen molar-refractivity contribution in [2.24, 2.45) is 5.11 Å². The van der Waals surface area contributed by atoms with Crippen LogP contribution < -0.4 is 0 Å². The Morgan fingerprint density at radius 3 is 2.83 bits per heavy atom. The van der Waals surface area contributed by atoms with E-state index in [0.717, 1.165) is 0 Å². The summed E-state index contributed by atoms with van der Waals surface area (Å²) in [5.74, 6) is -1.19. The number of ether oxygens (including phenoxy) is 4. The van der Waals surface area contributed by atoms with Gasteiger partial charge in [0.2, 0.25) is 0 Å². The molecule has 100 valence electrons. The first-order chi connectivity index (χ1) is 8.43. The summed E-state index contributed by atoms with van der Waals surface area (Å²) in [5.41, 5.74) is 8.57. The average molecular weight is 257 g/mol. The quantitative estimate of drug-likeness (QED) is 0.326. The number of hydrogen-bond acceptors (Lipinski definition) is 6. The summed E-state index contributed by atoms with van der Waals surface area (Å²) < 4.78 is 21.5. The second-order valence-electron chi connectivity index (χ2n) is 4.64. The molecule has 4 atom stereocenters. The van der Waals surface area contributed by atoms with Crippen LogP contribution in [0.2, 0.25) is 0 Å². The molecule has 0 spiro atoms. The summed E-state index contributed by atoms with van der Waals surface area (Å²) in [6.07, 6.45) is -1.62. The normalized spacial score (nSPS) is 36.8. The lowest BCUT2D eigenvalue weighted by atomic mass is 10.1. The number of azide groups is 1. The van der Waals surface area contributed by atoms with E-state index >= 15 is 0 Å². The van der Waals surface area contributed by atoms with Crippen LogP contribution in [0.5, 0.6) is 0 Å². The number of hydrogen-bond donors (Lipinski definition) is 0. The molecule has 0 N–H and O–H groups in total. The highest BCUT2D eigenvalue weighted by atomic mass is 16.8. The molecule has 8 nitrogen and oxygen atoms in total. The molecule has 2 saturated heterocycles. The lowest BCUT2D eigenvalue weighted by Crippen LogP contribution is -2.35. The van der Waals surface area contributed by atoms with Gasteiger partial charge < -0.3 is 18.9 Å². The number of nitrogens with zero attached hydrogens (tertiary/aromatic N) is 3. The van der Waals surface area contributed by atoms with Crippen LogP contribution in [0.1, 0.15) is 20.8 Å². The van der Waals surface area contributed by atoms with Crippen LogP contribution in [-0.4, -0.2) is 42.9 Å². The number of carbonyl (C=O) groups is 1. The van der Waals surface area contributed by atoms with E-state index in [1.165, 1.54) is 6.92 Å². The van der Waals surface area contributed by atoms with Crippen molar-refractivity contribution in [3.8, 4) is 0 Å². The molecule has 0 aromatic rings. The van der Waals surface area contributed by atoms with E-state index in [1.54, 1.807) is 13.8 Å². The highest BCUT2D eigenvalue weighted by Gasteiger charge is 2.54. The van der Waals surface area contributed by atoms with Crippen LogP contribution in [0, 0.1) is 0 Å². The minimum Gasteiger partial charge on any atom is -0.463 e. The fraction of sp³-hybridized carbons (Fsp3) is 0.900. The number of carbonyl (C=O) groups excluding carboxylic acids is 1. The Kier molecular flexibility index (Phi) is 3.45. The molecule has 2 aliphatic rings. The van der Waals surface area contributed by atoms with Crippen LogP contribution >= 0.6 is 0 Å². The fourth-order valence-corrected chi connectivity index (χ4v) is 2.10. The monoisotopic (exact) mass is 257 g/mol. The van der Waals surface area contributed by atoms with Crippen molar-refractivity contribution in [2.45, 2.75) is 51.1 Å². The van der Waals surface area contributed by atoms with Crippen LogP contribution in [0.4, 0.5) is 0 Å². The van der Waals surface area contributed by atoms with E-state index in [2.05, 4.69) is 10.0 Å². The Balaban J connectivity index is 2.07. The Morgan fingerprint density at radius 2 is 2.22 bits per heavy atom. The topological polar surface area (TPSA) is 103 Å². The number of rotatable bonds is 3. The van der Waals surface area contributed by atoms with Crippen molar-refractivity contribution < 1.29 is 23.7 Å². The summed E-state index contributed by atoms with van der Waals surface area (Å²) in [7, 11) is 0. The van der Waals surface area contributed by atoms with E-state index in [-0.39, 0.29) is 6.61 Å². The molecule has 2 heterocycles. The SMILES string of the molecule is CC(=O)OC[C@H]1O[C@@H]2OC(C)(C)O[C@@H]2[C@@H]1N=[N+]=[N-]. The molecule has 2 fully saturated rings. The molecule has 0 amide bonds. The molecular weight excluding hydrogens is 242 g/mol. The third-order valence-electron chi connectivity index (χ3n) is 2.75. The summed E-state index contributed by atoms with van der Waals surface area (Å²) in [4.78, 5) is 13.5. The van der Waals surface area contributed by atoms with E-state index in [9.17, 15) is 4.79 Å². The molecule has 2 rings (SSSR count). The van der Waals surface area contributed by atoms with Gasteiger partial charge in [0.05, 0.1) is 6.04 Å². The fourth-order valence-electron chi connectivity index (χ4n) is 2.10. The van der Waals surface area contributed by atoms with Gasteiger partial charge in [-0.2, -0.15) is 0 Å². The standard InChI is InChI=1S/C10H15N3O5/c1-5(14)15-4-6-7(12-13-11)8-9(16-6)18-10(2,3)17-8/h6-9H,4H2,1-3H3/t6-,7-,8-,9-/m1/s1. The molecule has 0 bridgehead atoms. The van der Waals surface area contributed by atoms with E-state index < -0.39 is 36.3 Å². The Morgan fingerprint density at radius 1 is 1.50 bits per heavy atom. The third-order valence-corrected chi connectivity index (χ3v) is 2.75. The summed E-state index contributed by atoms with van der Waals surface area (Å²) in [6, 6.07) is -0.568. The average Bonchev–Trinajstić information content (AvgIpc) is 2.70. The predicted octanol–water partition coefficient (Wildman–Crippen LogP) is 1.10. The maximum Gasteiger partial charge on any atom is 0.302 e. The van der Waals surface area contributed by atoms with E-state index in [4.69, 9.17) is 24.5 Å². The third kappa shape index (κ3) is 2.56. The smallest absolute Gasteiger partial charge is 0.302 e. The van der Waals surface area contributed by atoms with Crippen molar-refractivity contribution >= 4 is 5.97 Å². The molecule has 2 aliphatic heterocycles. The second kappa shape index (κ2) is 4.74. The first-order valence-corrected chi connectivity index (χ1v) is 5.61. The zero-order valence-electron chi connectivity index (χ0n) is 10.4. The van der Waals surface area contributed by atoms with Gasteiger partial charge in [-0.1, -0.05) is 5.11 Å². The van der Waals surface area contributed by atoms with Crippen LogP contribution in [0.15, 0.2) is 5.11 Å². The first-order valence-electron chi connectivity index (χ1n) is 5.61. The Labute approximate surface area is 104 Å². The number of fused-ring (bicyclic) bond motifs is 1. The van der Waals surface area contributed by atoms with Gasteiger partial charge in [0.15, 0.2) is 12.1 Å². The highest BCUT2D eigenvalue weighted by molar-refractivity contribution is 5.65. The molecular formula is C10H15N3O5. The van der Waals surface area contributed by atoms with Crippen LogP contribution in [0.25, 0.3) is 10.4 Å². The molecule has 0 radical (unpaired) electrons. The van der Waals surface area contributed by atoms with E-state index in [1.807, 2.05) is 0 Å². The van der Waals surface area contributed by atoms with Crippen molar-refractivity contribution in [3.63, 3.8) is 0 Å². The highest BCUT2D eigenvalue weighted by Crippen LogP contribution is 2.38. The first kappa shape index (κ1) is 13.1. The summed E-state index contributed by atoms with van der Waals surface area (Å²) in [6.45, 7) is 4.82. The minimum absolute atomic E-state index is 0.0131. The van der Waals surface area contributed by atoms with Gasteiger partial charge in [0.1, 0.15) is 18.8 Å². The van der Waals surface area contributed by atoms with Crippen LogP contribution in [-0.2, 0) is 23.7 Å². The van der Waals surface area contributed by atoms with Crippen molar-refractivity contribution in [1.29, 1.82) is 0 Å². The van der Waals surface area contributed by atoms with Gasteiger partial charge in [-0.3, -0.25) is 4.79 Å². The zero-order valence-corrected chi connectivity index (χ0v) is 10.4. The number of esters is 1. The second-order valence-corrected chi connectivity index (χ2v) is 4.64. The maximum absolute atomic E-state index is 10.8. The minimum atomic E-state index is -0.773. The maximum atomic E-state index is 10.8. The summed E-state index contributed by atoms with van der Waals surface area (Å²) >= 11 is 0. The summed E-state index contributed by atoms with van der Waals surface area (Å²) in [5, 5.41) is 3.65. The molecule has 0 aliphatic carbocycles. The van der Waals surface area contributed by atoms with Crippen molar-refractivity contribution in [2.75, 3.05) is 6.61 Å². The Hall–Kier alpha value is -1.34. The van der Waals surface area contributed by atoms with E-state index in [0.29, 0.717) is 0 Å². The van der Waals surface area contributed by atoms with Crippen LogP contribution in [0.3, 0.4) is 0 Å². The lowest BCUT2D eigenvalue weighted by molar-refractivity contribution is -0.211. The lowest BCUT2D eigenvalue weighted by Gasteiger charge is -2.22. The van der Waals surface area contributed by atoms with Crippen molar-refractivity contribution in [1.82, 2.24) is 0 Å². The molecule has 0 aromatic heterocycles. The molecule has 0 aromatic carbocycles. The van der Waals surface area contributed by atoms with Gasteiger partial charge in [0, 0.05) is 11.8 Å². The zero-order chi connectivity index (χ0) is 13.3. The van der Waals surface area contributed by atoms with Gasteiger partial charge in [-0.15, -0.1) is 0 Å². The molecule has 8 heteroatoms. The predicted molar refractivity (Wildman–Crippen MR) is 58.3 cm³/mol.